The SMILES string of the molecule is CC[C@H](NC(=O)c1cc(Br)cc(N(C2CN(C(c3ccc(Cl)cc3)c3ccc(Cl)cc3)C2)S(C)(=O)=O)c1)C(N)=O. The van der Waals surface area contributed by atoms with E-state index < -0.39 is 27.9 Å². The number of nitrogens with one attached hydrogen (secondary N) is 1. The number of halogens is 3. The van der Waals surface area contributed by atoms with Crippen molar-refractivity contribution in [2.45, 2.75) is 31.5 Å². The maximum atomic E-state index is 13.1. The van der Waals surface area contributed by atoms with Gasteiger partial charge in [-0.2, -0.15) is 0 Å². The standard InChI is InChI=1S/C28H29BrCl2N4O4S/c1-3-25(27(32)36)33-28(37)19-12-20(29)14-23(13-19)35(40(2,38)39)24-15-34(16-24)26(17-4-8-21(30)9-5-17)18-6-10-22(31)11-7-18/h4-14,24-26H,3,15-16H2,1-2H3,(H2,32,36)(H,33,37)/t25-/m0/s1. The predicted octanol–water partition coefficient (Wildman–Crippen LogP) is 4.99. The molecule has 0 bridgehead atoms. The van der Waals surface area contributed by atoms with E-state index in [1.807, 2.05) is 48.5 Å². The Bertz CT molecular complexity index is 1450. The molecule has 0 radical (unpaired) electrons. The maximum Gasteiger partial charge on any atom is 0.252 e. The molecule has 3 aromatic rings. The van der Waals surface area contributed by atoms with Gasteiger partial charge in [0.1, 0.15) is 6.04 Å². The summed E-state index contributed by atoms with van der Waals surface area (Å²) in [6.45, 7) is 2.62. The van der Waals surface area contributed by atoms with Gasteiger partial charge >= 0.3 is 0 Å². The number of likely N-dealkylation sites (tertiary alicyclic amines) is 1. The summed E-state index contributed by atoms with van der Waals surface area (Å²) in [7, 11) is -3.72. The number of hydrogen-bond donors (Lipinski definition) is 2. The molecule has 2 amide bonds. The minimum absolute atomic E-state index is 0.143. The Kier molecular flexibility index (Phi) is 9.47. The molecule has 3 aromatic carbocycles. The molecule has 12 heteroatoms. The van der Waals surface area contributed by atoms with E-state index in [1.54, 1.807) is 19.1 Å². The summed E-state index contributed by atoms with van der Waals surface area (Å²) in [4.78, 5) is 26.7. The number of anilines is 1. The topological polar surface area (TPSA) is 113 Å². The van der Waals surface area contributed by atoms with Crippen molar-refractivity contribution < 1.29 is 18.0 Å². The number of carbonyl (C=O) groups is 2. The van der Waals surface area contributed by atoms with Gasteiger partial charge in [0.05, 0.1) is 24.0 Å². The molecular weight excluding hydrogens is 639 g/mol. The molecule has 1 fully saturated rings. The Balaban J connectivity index is 1.63. The van der Waals surface area contributed by atoms with Crippen molar-refractivity contribution in [2.75, 3.05) is 23.7 Å². The number of nitrogens with two attached hydrogens (primary N) is 1. The number of rotatable bonds is 10. The van der Waals surface area contributed by atoms with Crippen molar-refractivity contribution >= 4 is 66.7 Å². The average Bonchev–Trinajstić information content (AvgIpc) is 2.86. The Hall–Kier alpha value is -2.63. The molecule has 4 rings (SSSR count). The van der Waals surface area contributed by atoms with E-state index in [-0.39, 0.29) is 17.6 Å². The molecule has 0 unspecified atom stereocenters. The first kappa shape index (κ1) is 30.3. The molecule has 1 atom stereocenters. The quantitative estimate of drug-likeness (QED) is 0.316. The first-order chi connectivity index (χ1) is 18.9. The van der Waals surface area contributed by atoms with Crippen LogP contribution in [0.1, 0.15) is 40.9 Å². The van der Waals surface area contributed by atoms with Crippen LogP contribution in [0.25, 0.3) is 0 Å². The summed E-state index contributed by atoms with van der Waals surface area (Å²) in [6, 6.07) is 18.5. The van der Waals surface area contributed by atoms with Crippen LogP contribution < -0.4 is 15.4 Å². The summed E-state index contributed by atoms with van der Waals surface area (Å²) in [5.41, 5.74) is 7.94. The van der Waals surface area contributed by atoms with Crippen LogP contribution in [0, 0.1) is 0 Å². The zero-order chi connectivity index (χ0) is 29.2. The predicted molar refractivity (Wildman–Crippen MR) is 162 cm³/mol. The molecule has 212 valence electrons. The Labute approximate surface area is 252 Å². The third kappa shape index (κ3) is 6.98. The van der Waals surface area contributed by atoms with E-state index in [9.17, 15) is 18.0 Å². The van der Waals surface area contributed by atoms with E-state index in [0.717, 1.165) is 17.4 Å². The third-order valence-electron chi connectivity index (χ3n) is 6.77. The summed E-state index contributed by atoms with van der Waals surface area (Å²) < 4.78 is 28.0. The molecule has 0 spiro atoms. The number of amides is 2. The van der Waals surface area contributed by atoms with Gasteiger partial charge in [0.2, 0.25) is 15.9 Å². The molecule has 1 aliphatic heterocycles. The van der Waals surface area contributed by atoms with E-state index in [2.05, 4.69) is 26.1 Å². The van der Waals surface area contributed by atoms with Crippen molar-refractivity contribution in [2.24, 2.45) is 5.73 Å². The summed E-state index contributed by atoms with van der Waals surface area (Å²) in [6.07, 6.45) is 1.48. The zero-order valence-corrected chi connectivity index (χ0v) is 25.8. The molecule has 1 saturated heterocycles. The van der Waals surface area contributed by atoms with Crippen LogP contribution in [0.4, 0.5) is 5.69 Å². The van der Waals surface area contributed by atoms with Gasteiger partial charge in [0, 0.05) is 33.2 Å². The van der Waals surface area contributed by atoms with Gasteiger partial charge in [-0.15, -0.1) is 0 Å². The molecule has 1 aliphatic rings. The Morgan fingerprint density at radius 1 is 1.02 bits per heavy atom. The lowest BCUT2D eigenvalue weighted by molar-refractivity contribution is -0.119. The number of benzene rings is 3. The lowest BCUT2D eigenvalue weighted by atomic mass is 9.93. The van der Waals surface area contributed by atoms with Crippen LogP contribution in [0.15, 0.2) is 71.2 Å². The molecule has 1 heterocycles. The first-order valence-electron chi connectivity index (χ1n) is 12.5. The molecule has 8 nitrogen and oxygen atoms in total. The second-order valence-electron chi connectivity index (χ2n) is 9.71. The fourth-order valence-corrected chi connectivity index (χ4v) is 6.77. The van der Waals surface area contributed by atoms with Crippen LogP contribution in [0.5, 0.6) is 0 Å². The summed E-state index contributed by atoms with van der Waals surface area (Å²) >= 11 is 15.7. The first-order valence-corrected chi connectivity index (χ1v) is 15.9. The summed E-state index contributed by atoms with van der Waals surface area (Å²) in [5, 5.41) is 3.86. The number of nitrogens with zero attached hydrogens (tertiary/aromatic N) is 2. The molecule has 0 aromatic heterocycles. The van der Waals surface area contributed by atoms with E-state index in [1.165, 1.54) is 10.4 Å². The van der Waals surface area contributed by atoms with Crippen molar-refractivity contribution in [1.82, 2.24) is 10.2 Å². The lowest BCUT2D eigenvalue weighted by Crippen LogP contribution is -2.61. The highest BCUT2D eigenvalue weighted by Gasteiger charge is 2.41. The number of sulfonamides is 1. The molecule has 40 heavy (non-hydrogen) atoms. The van der Waals surface area contributed by atoms with E-state index >= 15 is 0 Å². The fourth-order valence-electron chi connectivity index (χ4n) is 4.87. The van der Waals surface area contributed by atoms with Crippen LogP contribution in [0.3, 0.4) is 0 Å². The van der Waals surface area contributed by atoms with Gasteiger partial charge in [0.25, 0.3) is 5.91 Å². The Morgan fingerprint density at radius 3 is 2.00 bits per heavy atom. The zero-order valence-electron chi connectivity index (χ0n) is 21.9. The Morgan fingerprint density at radius 2 is 1.55 bits per heavy atom. The largest absolute Gasteiger partial charge is 0.368 e. The smallest absolute Gasteiger partial charge is 0.252 e. The van der Waals surface area contributed by atoms with Gasteiger partial charge < -0.3 is 11.1 Å². The number of carbonyl (C=O) groups excluding carboxylic acids is 2. The highest BCUT2D eigenvalue weighted by molar-refractivity contribution is 9.10. The average molecular weight is 668 g/mol. The summed E-state index contributed by atoms with van der Waals surface area (Å²) in [5.74, 6) is -1.17. The molecule has 0 aliphatic carbocycles. The van der Waals surface area contributed by atoms with Crippen molar-refractivity contribution in [3.8, 4) is 0 Å². The van der Waals surface area contributed by atoms with E-state index in [4.69, 9.17) is 28.9 Å². The van der Waals surface area contributed by atoms with Gasteiger partial charge in [-0.25, -0.2) is 8.42 Å². The molecule has 0 saturated carbocycles. The van der Waals surface area contributed by atoms with Gasteiger partial charge in [-0.3, -0.25) is 18.8 Å². The third-order valence-corrected chi connectivity index (χ3v) is 8.96. The highest BCUT2D eigenvalue weighted by atomic mass is 79.9. The van der Waals surface area contributed by atoms with Crippen molar-refractivity contribution in [3.63, 3.8) is 0 Å². The lowest BCUT2D eigenvalue weighted by Gasteiger charge is -2.48. The normalized spacial score (nSPS) is 14.9. The molecular formula is C28H29BrCl2N4O4S. The van der Waals surface area contributed by atoms with Gasteiger partial charge in [0.15, 0.2) is 0 Å². The van der Waals surface area contributed by atoms with E-state index in [0.29, 0.717) is 39.7 Å². The molecule has 3 N–H and O–H groups in total. The van der Waals surface area contributed by atoms with Gasteiger partial charge in [-0.05, 0) is 60.0 Å². The van der Waals surface area contributed by atoms with Crippen LogP contribution >= 0.6 is 39.1 Å². The fraction of sp³-hybridized carbons (Fsp3) is 0.286. The van der Waals surface area contributed by atoms with Crippen LogP contribution in [-0.2, 0) is 14.8 Å². The van der Waals surface area contributed by atoms with Crippen LogP contribution in [-0.4, -0.2) is 56.6 Å². The van der Waals surface area contributed by atoms with Gasteiger partial charge in [-0.1, -0.05) is 70.3 Å². The minimum Gasteiger partial charge on any atom is -0.368 e. The highest BCUT2D eigenvalue weighted by Crippen LogP contribution is 2.37. The monoisotopic (exact) mass is 666 g/mol. The van der Waals surface area contributed by atoms with Crippen molar-refractivity contribution in [1.29, 1.82) is 0 Å². The van der Waals surface area contributed by atoms with Crippen LogP contribution in [0.2, 0.25) is 10.0 Å². The second-order valence-corrected chi connectivity index (χ2v) is 13.4. The maximum absolute atomic E-state index is 13.1. The second kappa shape index (κ2) is 12.5. The van der Waals surface area contributed by atoms with Crippen molar-refractivity contribution in [3.05, 3.63) is 97.9 Å². The number of hydrogen-bond acceptors (Lipinski definition) is 5. The number of primary amides is 1. The minimum atomic E-state index is -3.72.